The largest absolute Gasteiger partial charge is 0.387 e. The van der Waals surface area contributed by atoms with Gasteiger partial charge in [0.15, 0.2) is 0 Å². The number of carbonyl (C=O) groups is 1. The minimum atomic E-state index is -0.565. The van der Waals surface area contributed by atoms with E-state index in [9.17, 15) is 9.90 Å². The maximum atomic E-state index is 12.7. The Bertz CT molecular complexity index is 795. The van der Waals surface area contributed by atoms with Crippen LogP contribution >= 0.6 is 0 Å². The molecule has 4 rings (SSSR count). The molecule has 1 saturated heterocycles. The molecule has 4 heterocycles. The Labute approximate surface area is 153 Å². The second-order valence-corrected chi connectivity index (χ2v) is 7.14. The molecule has 2 aromatic heterocycles. The predicted molar refractivity (Wildman–Crippen MR) is 97.9 cm³/mol. The summed E-state index contributed by atoms with van der Waals surface area (Å²) in [4.78, 5) is 21.3. The van der Waals surface area contributed by atoms with Crippen molar-refractivity contribution in [1.29, 1.82) is 0 Å². The summed E-state index contributed by atoms with van der Waals surface area (Å²) >= 11 is 0. The quantitative estimate of drug-likeness (QED) is 0.911. The lowest BCUT2D eigenvalue weighted by Crippen LogP contribution is -2.36. The van der Waals surface area contributed by atoms with Crippen molar-refractivity contribution in [1.82, 2.24) is 19.7 Å². The van der Waals surface area contributed by atoms with Gasteiger partial charge in [-0.2, -0.15) is 5.10 Å². The van der Waals surface area contributed by atoms with Crippen LogP contribution in [0.2, 0.25) is 0 Å². The highest BCUT2D eigenvalue weighted by Gasteiger charge is 2.23. The van der Waals surface area contributed by atoms with E-state index in [1.54, 1.807) is 19.2 Å². The Balaban J connectivity index is 1.52. The zero-order valence-electron chi connectivity index (χ0n) is 15.1. The number of nitrogens with zero attached hydrogens (tertiary/aromatic N) is 5. The minimum absolute atomic E-state index is 0.104. The molecule has 1 amide bonds. The molecule has 2 aliphatic rings. The summed E-state index contributed by atoms with van der Waals surface area (Å²) in [5, 5.41) is 14.2. The van der Waals surface area contributed by atoms with Crippen LogP contribution in [0.25, 0.3) is 0 Å². The average Bonchev–Trinajstić information content (AvgIpc) is 3.12. The van der Waals surface area contributed by atoms with E-state index in [4.69, 9.17) is 0 Å². The van der Waals surface area contributed by atoms with Crippen LogP contribution in [0.5, 0.6) is 0 Å². The SMILES string of the molecule is C[C@H](O)c1cc2n(n1)CCN(c1cc(C(=O)N3CCCCC3)ccn1)C2. The van der Waals surface area contributed by atoms with Crippen LogP contribution in [0.4, 0.5) is 5.82 Å². The van der Waals surface area contributed by atoms with Crippen LogP contribution in [0.3, 0.4) is 0 Å². The molecule has 2 aromatic rings. The first-order chi connectivity index (χ1) is 12.6. The number of fused-ring (bicyclic) bond motifs is 1. The Morgan fingerprint density at radius 2 is 1.96 bits per heavy atom. The molecular formula is C19H25N5O2. The van der Waals surface area contributed by atoms with Crippen molar-refractivity contribution in [2.75, 3.05) is 24.5 Å². The molecule has 7 nitrogen and oxygen atoms in total. The number of carbonyl (C=O) groups excluding carboxylic acids is 1. The van der Waals surface area contributed by atoms with Crippen LogP contribution in [0.1, 0.15) is 54.0 Å². The molecule has 0 spiro atoms. The third-order valence-corrected chi connectivity index (χ3v) is 5.20. The fourth-order valence-corrected chi connectivity index (χ4v) is 3.69. The maximum absolute atomic E-state index is 12.7. The van der Waals surface area contributed by atoms with E-state index >= 15 is 0 Å². The number of aromatic nitrogens is 3. The van der Waals surface area contributed by atoms with Crippen LogP contribution in [0.15, 0.2) is 24.4 Å². The van der Waals surface area contributed by atoms with Gasteiger partial charge in [0.25, 0.3) is 5.91 Å². The molecule has 26 heavy (non-hydrogen) atoms. The normalized spacial score (nSPS) is 18.5. The molecule has 0 aromatic carbocycles. The number of aliphatic hydroxyl groups excluding tert-OH is 1. The maximum Gasteiger partial charge on any atom is 0.254 e. The van der Waals surface area contributed by atoms with Crippen LogP contribution < -0.4 is 4.90 Å². The molecule has 0 bridgehead atoms. The Morgan fingerprint density at radius 1 is 1.15 bits per heavy atom. The topological polar surface area (TPSA) is 74.5 Å². The van der Waals surface area contributed by atoms with E-state index in [-0.39, 0.29) is 5.91 Å². The van der Waals surface area contributed by atoms with Crippen LogP contribution in [-0.2, 0) is 13.1 Å². The number of piperidine rings is 1. The van der Waals surface area contributed by atoms with Crippen molar-refractivity contribution in [3.63, 3.8) is 0 Å². The standard InChI is InChI=1S/C19H25N5O2/c1-14(25)17-12-16-13-23(9-10-24(16)21-17)18-11-15(5-6-20-18)19(26)22-7-3-2-4-8-22/h5-6,11-12,14,25H,2-4,7-10,13H2,1H3/t14-/m0/s1. The fourth-order valence-electron chi connectivity index (χ4n) is 3.69. The van der Waals surface area contributed by atoms with E-state index in [0.717, 1.165) is 50.5 Å². The average molecular weight is 355 g/mol. The number of hydrogen-bond donors (Lipinski definition) is 1. The zero-order valence-corrected chi connectivity index (χ0v) is 15.1. The van der Waals surface area contributed by atoms with Crippen molar-refractivity contribution in [3.05, 3.63) is 41.3 Å². The van der Waals surface area contributed by atoms with Gasteiger partial charge in [0.1, 0.15) is 5.82 Å². The van der Waals surface area contributed by atoms with Crippen molar-refractivity contribution < 1.29 is 9.90 Å². The summed E-state index contributed by atoms with van der Waals surface area (Å²) < 4.78 is 1.95. The van der Waals surface area contributed by atoms with Gasteiger partial charge in [-0.25, -0.2) is 4.98 Å². The highest BCUT2D eigenvalue weighted by Crippen LogP contribution is 2.23. The van der Waals surface area contributed by atoms with Crippen molar-refractivity contribution in [2.45, 2.75) is 45.4 Å². The molecule has 0 aliphatic carbocycles. The lowest BCUT2D eigenvalue weighted by atomic mass is 10.1. The first kappa shape index (κ1) is 17.0. The van der Waals surface area contributed by atoms with E-state index in [1.807, 2.05) is 21.7 Å². The van der Waals surface area contributed by atoms with Crippen LogP contribution in [-0.4, -0.2) is 50.3 Å². The minimum Gasteiger partial charge on any atom is -0.387 e. The highest BCUT2D eigenvalue weighted by atomic mass is 16.3. The lowest BCUT2D eigenvalue weighted by Gasteiger charge is -2.30. The first-order valence-corrected chi connectivity index (χ1v) is 9.37. The van der Waals surface area contributed by atoms with Gasteiger partial charge in [-0.05, 0) is 44.4 Å². The molecule has 1 atom stereocenters. The summed E-state index contributed by atoms with van der Waals surface area (Å²) in [5.74, 6) is 0.922. The Morgan fingerprint density at radius 3 is 2.73 bits per heavy atom. The van der Waals surface area contributed by atoms with Gasteiger partial charge in [0.05, 0.1) is 30.6 Å². The van der Waals surface area contributed by atoms with Gasteiger partial charge in [0, 0.05) is 31.4 Å². The Hall–Kier alpha value is -2.41. The molecule has 7 heteroatoms. The number of likely N-dealkylation sites (tertiary alicyclic amines) is 1. The van der Waals surface area contributed by atoms with Gasteiger partial charge < -0.3 is 14.9 Å². The number of aliphatic hydroxyl groups is 1. The van der Waals surface area contributed by atoms with Gasteiger partial charge in [-0.3, -0.25) is 9.48 Å². The smallest absolute Gasteiger partial charge is 0.254 e. The second-order valence-electron chi connectivity index (χ2n) is 7.14. The molecule has 0 saturated carbocycles. The van der Waals surface area contributed by atoms with Crippen molar-refractivity contribution >= 4 is 11.7 Å². The van der Waals surface area contributed by atoms with Gasteiger partial charge in [-0.1, -0.05) is 0 Å². The number of hydrogen-bond acceptors (Lipinski definition) is 5. The van der Waals surface area contributed by atoms with Gasteiger partial charge in [-0.15, -0.1) is 0 Å². The molecular weight excluding hydrogens is 330 g/mol. The fraction of sp³-hybridized carbons (Fsp3) is 0.526. The Kier molecular flexibility index (Phi) is 4.63. The van der Waals surface area contributed by atoms with Gasteiger partial charge >= 0.3 is 0 Å². The molecule has 138 valence electrons. The van der Waals surface area contributed by atoms with Crippen molar-refractivity contribution in [3.8, 4) is 0 Å². The predicted octanol–water partition coefficient (Wildman–Crippen LogP) is 1.98. The first-order valence-electron chi connectivity index (χ1n) is 9.37. The summed E-state index contributed by atoms with van der Waals surface area (Å²) in [6, 6.07) is 5.65. The zero-order chi connectivity index (χ0) is 18.1. The van der Waals surface area contributed by atoms with E-state index in [2.05, 4.69) is 15.0 Å². The number of pyridine rings is 1. The van der Waals surface area contributed by atoms with E-state index in [0.29, 0.717) is 17.8 Å². The molecule has 0 radical (unpaired) electrons. The molecule has 1 N–H and O–H groups in total. The summed E-state index contributed by atoms with van der Waals surface area (Å²) in [7, 11) is 0. The summed E-state index contributed by atoms with van der Waals surface area (Å²) in [6.07, 6.45) is 4.54. The molecule has 2 aliphatic heterocycles. The second kappa shape index (κ2) is 7.07. The third kappa shape index (κ3) is 3.31. The summed E-state index contributed by atoms with van der Waals surface area (Å²) in [6.45, 7) is 5.62. The van der Waals surface area contributed by atoms with E-state index < -0.39 is 6.10 Å². The summed E-state index contributed by atoms with van der Waals surface area (Å²) in [5.41, 5.74) is 2.46. The lowest BCUT2D eigenvalue weighted by molar-refractivity contribution is 0.0724. The molecule has 1 fully saturated rings. The highest BCUT2D eigenvalue weighted by molar-refractivity contribution is 5.94. The molecule has 0 unspecified atom stereocenters. The number of amides is 1. The number of rotatable bonds is 3. The van der Waals surface area contributed by atoms with E-state index in [1.165, 1.54) is 6.42 Å². The number of anilines is 1. The third-order valence-electron chi connectivity index (χ3n) is 5.20. The van der Waals surface area contributed by atoms with Crippen LogP contribution in [0, 0.1) is 0 Å². The van der Waals surface area contributed by atoms with Gasteiger partial charge in [0.2, 0.25) is 0 Å². The monoisotopic (exact) mass is 355 g/mol. The van der Waals surface area contributed by atoms with Crippen molar-refractivity contribution in [2.24, 2.45) is 0 Å².